The highest BCUT2D eigenvalue weighted by atomic mass is 35.5. The average molecular weight is 259 g/mol. The van der Waals surface area contributed by atoms with Gasteiger partial charge in [-0.05, 0) is 12.5 Å². The van der Waals surface area contributed by atoms with Gasteiger partial charge in [0, 0.05) is 6.07 Å². The van der Waals surface area contributed by atoms with Crippen LogP contribution < -0.4 is 5.32 Å². The summed E-state index contributed by atoms with van der Waals surface area (Å²) >= 11 is 5.59. The second-order valence-electron chi connectivity index (χ2n) is 3.32. The fourth-order valence-electron chi connectivity index (χ4n) is 1.21. The molecule has 1 aromatic rings. The molecule has 1 N–H and O–H groups in total. The van der Waals surface area contributed by atoms with E-state index in [0.717, 1.165) is 6.07 Å². The third-order valence-electron chi connectivity index (χ3n) is 2.14. The van der Waals surface area contributed by atoms with Gasteiger partial charge in [-0.2, -0.15) is 5.26 Å². The Kier molecular flexibility index (Phi) is 4.41. The second kappa shape index (κ2) is 5.60. The van der Waals surface area contributed by atoms with Crippen molar-refractivity contribution in [2.75, 3.05) is 5.32 Å². The summed E-state index contributed by atoms with van der Waals surface area (Å²) < 4.78 is 26.1. The van der Waals surface area contributed by atoms with Crippen molar-refractivity contribution in [3.05, 3.63) is 28.8 Å². The summed E-state index contributed by atoms with van der Waals surface area (Å²) in [5.74, 6) is -3.37. The van der Waals surface area contributed by atoms with E-state index in [2.05, 4.69) is 5.32 Å². The third kappa shape index (κ3) is 3.14. The van der Waals surface area contributed by atoms with Crippen LogP contribution in [0.1, 0.15) is 13.3 Å². The number of hydrogen-bond donors (Lipinski definition) is 1. The summed E-state index contributed by atoms with van der Waals surface area (Å²) in [7, 11) is 0. The van der Waals surface area contributed by atoms with Gasteiger partial charge in [0.1, 0.15) is 11.7 Å². The van der Waals surface area contributed by atoms with Crippen LogP contribution in [-0.2, 0) is 4.79 Å². The van der Waals surface area contributed by atoms with Gasteiger partial charge in [-0.1, -0.05) is 18.5 Å². The van der Waals surface area contributed by atoms with Crippen molar-refractivity contribution >= 4 is 23.2 Å². The van der Waals surface area contributed by atoms with Gasteiger partial charge in [-0.3, -0.25) is 4.79 Å². The smallest absolute Gasteiger partial charge is 0.241 e. The Morgan fingerprint density at radius 3 is 2.71 bits per heavy atom. The first kappa shape index (κ1) is 13.4. The van der Waals surface area contributed by atoms with Gasteiger partial charge in [0.05, 0.1) is 16.8 Å². The number of amides is 1. The van der Waals surface area contributed by atoms with Crippen LogP contribution in [0.5, 0.6) is 0 Å². The summed E-state index contributed by atoms with van der Waals surface area (Å²) in [6.07, 6.45) is 0.294. The molecule has 0 bridgehead atoms. The minimum atomic E-state index is -0.976. The number of benzene rings is 1. The highest BCUT2D eigenvalue weighted by Crippen LogP contribution is 2.26. The number of carbonyl (C=O) groups is 1. The van der Waals surface area contributed by atoms with Gasteiger partial charge in [-0.25, -0.2) is 8.78 Å². The summed E-state index contributed by atoms with van der Waals surface area (Å²) in [6, 6.07) is 3.26. The largest absolute Gasteiger partial charge is 0.321 e. The van der Waals surface area contributed by atoms with Crippen LogP contribution in [0, 0.1) is 28.9 Å². The first-order valence-electron chi connectivity index (χ1n) is 4.84. The molecule has 1 atom stereocenters. The Morgan fingerprint density at radius 1 is 1.59 bits per heavy atom. The number of rotatable bonds is 3. The van der Waals surface area contributed by atoms with E-state index in [1.807, 2.05) is 0 Å². The SMILES string of the molecule is CCC(C#N)C(=O)Nc1c(F)cc(F)cc1Cl. The lowest BCUT2D eigenvalue weighted by Crippen LogP contribution is -2.21. The summed E-state index contributed by atoms with van der Waals surface area (Å²) in [6.45, 7) is 1.65. The number of carbonyl (C=O) groups excluding carboxylic acids is 1. The second-order valence-corrected chi connectivity index (χ2v) is 3.73. The molecule has 0 radical (unpaired) electrons. The lowest BCUT2D eigenvalue weighted by molar-refractivity contribution is -0.118. The van der Waals surface area contributed by atoms with E-state index in [-0.39, 0.29) is 10.7 Å². The first-order valence-corrected chi connectivity index (χ1v) is 5.22. The van der Waals surface area contributed by atoms with Crippen LogP contribution in [0.4, 0.5) is 14.5 Å². The molecule has 0 aromatic heterocycles. The van der Waals surface area contributed by atoms with Gasteiger partial charge < -0.3 is 5.32 Å². The fraction of sp³-hybridized carbons (Fsp3) is 0.273. The molecule has 17 heavy (non-hydrogen) atoms. The van der Waals surface area contributed by atoms with Crippen molar-refractivity contribution < 1.29 is 13.6 Å². The van der Waals surface area contributed by atoms with E-state index >= 15 is 0 Å². The molecule has 0 heterocycles. The van der Waals surface area contributed by atoms with Gasteiger partial charge >= 0.3 is 0 Å². The molecule has 3 nitrogen and oxygen atoms in total. The molecule has 0 aliphatic heterocycles. The molecule has 0 fully saturated rings. The molecular weight excluding hydrogens is 250 g/mol. The summed E-state index contributed by atoms with van der Waals surface area (Å²) in [5.41, 5.74) is -0.313. The van der Waals surface area contributed by atoms with E-state index < -0.39 is 23.5 Å². The van der Waals surface area contributed by atoms with Gasteiger partial charge in [0.25, 0.3) is 0 Å². The molecular formula is C11H9ClF2N2O. The zero-order valence-electron chi connectivity index (χ0n) is 8.93. The fourth-order valence-corrected chi connectivity index (χ4v) is 1.45. The highest BCUT2D eigenvalue weighted by Gasteiger charge is 2.19. The Bertz CT molecular complexity index is 462. The summed E-state index contributed by atoms with van der Waals surface area (Å²) in [5, 5.41) is 10.6. The molecule has 0 saturated heterocycles. The minimum absolute atomic E-state index is 0.247. The Labute approximate surface area is 102 Å². The van der Waals surface area contributed by atoms with Crippen LogP contribution >= 0.6 is 11.6 Å². The predicted octanol–water partition coefficient (Wildman–Crippen LogP) is 3.11. The number of nitrogens with one attached hydrogen (secondary N) is 1. The van der Waals surface area contributed by atoms with Gasteiger partial charge in [0.15, 0.2) is 5.82 Å². The predicted molar refractivity (Wildman–Crippen MR) is 59.4 cm³/mol. The molecule has 1 rings (SSSR count). The van der Waals surface area contributed by atoms with Crippen LogP contribution in [0.15, 0.2) is 12.1 Å². The van der Waals surface area contributed by atoms with Crippen molar-refractivity contribution in [1.82, 2.24) is 0 Å². The molecule has 6 heteroatoms. The quantitative estimate of drug-likeness (QED) is 0.906. The standard InChI is InChI=1S/C11H9ClF2N2O/c1-2-6(5-15)11(17)16-10-8(12)3-7(13)4-9(10)14/h3-4,6H,2H2,1H3,(H,16,17). The third-order valence-corrected chi connectivity index (χ3v) is 2.43. The monoisotopic (exact) mass is 258 g/mol. The zero-order chi connectivity index (χ0) is 13.0. The molecule has 90 valence electrons. The van der Waals surface area contributed by atoms with Gasteiger partial charge in [-0.15, -0.1) is 0 Å². The highest BCUT2D eigenvalue weighted by molar-refractivity contribution is 6.33. The minimum Gasteiger partial charge on any atom is -0.321 e. The Hall–Kier alpha value is -1.67. The molecule has 0 saturated carbocycles. The lowest BCUT2D eigenvalue weighted by atomic mass is 10.1. The number of halogens is 3. The van der Waals surface area contributed by atoms with Crippen molar-refractivity contribution in [1.29, 1.82) is 5.26 Å². The number of nitrogens with zero attached hydrogens (tertiary/aromatic N) is 1. The van der Waals surface area contributed by atoms with Gasteiger partial charge in [0.2, 0.25) is 5.91 Å². The molecule has 1 unspecified atom stereocenters. The number of hydrogen-bond acceptors (Lipinski definition) is 2. The van der Waals surface area contributed by atoms with E-state index in [1.54, 1.807) is 13.0 Å². The maximum atomic E-state index is 13.3. The van der Waals surface area contributed by atoms with Crippen molar-refractivity contribution in [3.63, 3.8) is 0 Å². The number of anilines is 1. The van der Waals surface area contributed by atoms with E-state index in [1.165, 1.54) is 0 Å². The maximum absolute atomic E-state index is 13.3. The molecule has 1 amide bonds. The van der Waals surface area contributed by atoms with Crippen LogP contribution in [0.3, 0.4) is 0 Å². The molecule has 0 spiro atoms. The van der Waals surface area contributed by atoms with Crippen molar-refractivity contribution in [2.45, 2.75) is 13.3 Å². The Morgan fingerprint density at radius 2 is 2.24 bits per heavy atom. The van der Waals surface area contributed by atoms with Crippen LogP contribution in [0.25, 0.3) is 0 Å². The van der Waals surface area contributed by atoms with E-state index in [0.29, 0.717) is 12.5 Å². The van der Waals surface area contributed by atoms with Crippen molar-refractivity contribution in [2.24, 2.45) is 5.92 Å². The van der Waals surface area contributed by atoms with E-state index in [4.69, 9.17) is 16.9 Å². The number of nitriles is 1. The van der Waals surface area contributed by atoms with E-state index in [9.17, 15) is 13.6 Å². The van der Waals surface area contributed by atoms with Crippen LogP contribution in [0.2, 0.25) is 5.02 Å². The normalized spacial score (nSPS) is 11.7. The van der Waals surface area contributed by atoms with Crippen molar-refractivity contribution in [3.8, 4) is 6.07 Å². The molecule has 1 aromatic carbocycles. The Balaban J connectivity index is 2.97. The first-order chi connectivity index (χ1) is 7.99. The molecule has 0 aliphatic rings. The topological polar surface area (TPSA) is 52.9 Å². The summed E-state index contributed by atoms with van der Waals surface area (Å²) in [4.78, 5) is 11.5. The average Bonchev–Trinajstić information content (AvgIpc) is 2.25. The molecule has 0 aliphatic carbocycles. The maximum Gasteiger partial charge on any atom is 0.241 e. The lowest BCUT2D eigenvalue weighted by Gasteiger charge is -2.10. The van der Waals surface area contributed by atoms with Crippen LogP contribution in [-0.4, -0.2) is 5.91 Å². The zero-order valence-corrected chi connectivity index (χ0v) is 9.68.